The molecule has 2 saturated carbocycles. The second-order valence-corrected chi connectivity index (χ2v) is 7.66. The van der Waals surface area contributed by atoms with E-state index in [4.69, 9.17) is 4.74 Å². The molecule has 0 saturated heterocycles. The Hall–Kier alpha value is 0.230. The monoisotopic (exact) mass is 287 g/mol. The zero-order valence-corrected chi connectivity index (χ0v) is 13.2. The van der Waals surface area contributed by atoms with Crippen molar-refractivity contribution in [2.45, 2.75) is 62.4 Å². The van der Waals surface area contributed by atoms with E-state index < -0.39 is 0 Å². The molecular weight excluding hydrogens is 258 g/mol. The first-order valence-electron chi connectivity index (χ1n) is 7.69. The number of rotatable bonds is 8. The predicted molar refractivity (Wildman–Crippen MR) is 81.7 cm³/mol. The predicted octanol–water partition coefficient (Wildman–Crippen LogP) is 2.43. The lowest BCUT2D eigenvalue weighted by Gasteiger charge is -2.27. The lowest BCUT2D eigenvalue weighted by atomic mass is 9.89. The minimum Gasteiger partial charge on any atom is -0.389 e. The van der Waals surface area contributed by atoms with Crippen molar-refractivity contribution >= 4 is 11.8 Å². The van der Waals surface area contributed by atoms with E-state index in [1.54, 1.807) is 0 Å². The summed E-state index contributed by atoms with van der Waals surface area (Å²) in [5, 5.41) is 13.3. The van der Waals surface area contributed by atoms with Gasteiger partial charge in [0.1, 0.15) is 0 Å². The van der Waals surface area contributed by atoms with Crippen LogP contribution in [0.1, 0.15) is 45.4 Å². The third-order valence-electron chi connectivity index (χ3n) is 4.56. The van der Waals surface area contributed by atoms with Crippen molar-refractivity contribution in [3.8, 4) is 0 Å². The van der Waals surface area contributed by atoms with Crippen LogP contribution in [0, 0.1) is 5.92 Å². The maximum Gasteiger partial charge on any atom is 0.0897 e. The van der Waals surface area contributed by atoms with Crippen LogP contribution >= 0.6 is 11.8 Å². The largest absolute Gasteiger partial charge is 0.389 e. The van der Waals surface area contributed by atoms with Crippen LogP contribution in [-0.4, -0.2) is 48.0 Å². The molecule has 0 spiro atoms. The van der Waals surface area contributed by atoms with Gasteiger partial charge in [0, 0.05) is 17.8 Å². The highest BCUT2D eigenvalue weighted by Crippen LogP contribution is 2.46. The molecule has 2 N–H and O–H groups in total. The van der Waals surface area contributed by atoms with Crippen LogP contribution < -0.4 is 5.32 Å². The summed E-state index contributed by atoms with van der Waals surface area (Å²) in [5.41, 5.74) is 0. The third-order valence-corrected chi connectivity index (χ3v) is 5.97. The van der Waals surface area contributed by atoms with Crippen LogP contribution in [0.3, 0.4) is 0 Å². The third kappa shape index (κ3) is 5.25. The Labute approximate surface area is 121 Å². The fourth-order valence-electron chi connectivity index (χ4n) is 2.76. The minimum absolute atomic E-state index is 0.364. The summed E-state index contributed by atoms with van der Waals surface area (Å²) in [4.78, 5) is 0. The van der Waals surface area contributed by atoms with E-state index in [1.165, 1.54) is 25.7 Å². The van der Waals surface area contributed by atoms with Gasteiger partial charge in [-0.2, -0.15) is 11.8 Å². The molecule has 112 valence electrons. The normalized spacial score (nSPS) is 31.1. The smallest absolute Gasteiger partial charge is 0.0897 e. The first-order chi connectivity index (χ1) is 9.13. The fourth-order valence-corrected chi connectivity index (χ4v) is 3.52. The standard InChI is InChI=1S/C15H29NO2S/c1-12-3-5-14(6-4-12)18-10-13(17)9-16-11-15(19-2)7-8-15/h12-14,16-17H,3-11H2,1-2H3. The molecule has 3 nitrogen and oxygen atoms in total. The molecule has 0 radical (unpaired) electrons. The number of aliphatic hydroxyl groups excluding tert-OH is 1. The average Bonchev–Trinajstić information content (AvgIpc) is 3.19. The van der Waals surface area contributed by atoms with E-state index in [-0.39, 0.29) is 6.10 Å². The van der Waals surface area contributed by atoms with Gasteiger partial charge < -0.3 is 15.2 Å². The summed E-state index contributed by atoms with van der Waals surface area (Å²) in [7, 11) is 0. The van der Waals surface area contributed by atoms with E-state index in [2.05, 4.69) is 18.5 Å². The molecule has 0 aliphatic heterocycles. The fraction of sp³-hybridized carbons (Fsp3) is 1.00. The molecule has 0 amide bonds. The van der Waals surface area contributed by atoms with E-state index in [1.807, 2.05) is 11.8 Å². The molecule has 2 aliphatic rings. The number of hydrogen-bond donors (Lipinski definition) is 2. The SMILES string of the molecule is CSC1(CNCC(O)COC2CCC(C)CC2)CC1. The lowest BCUT2D eigenvalue weighted by molar-refractivity contribution is -0.0277. The topological polar surface area (TPSA) is 41.5 Å². The van der Waals surface area contributed by atoms with Crippen molar-refractivity contribution in [3.05, 3.63) is 0 Å². The van der Waals surface area contributed by atoms with Gasteiger partial charge in [0.15, 0.2) is 0 Å². The minimum atomic E-state index is -0.364. The van der Waals surface area contributed by atoms with Crippen LogP contribution in [0.4, 0.5) is 0 Å². The van der Waals surface area contributed by atoms with Crippen LogP contribution in [0.15, 0.2) is 0 Å². The van der Waals surface area contributed by atoms with Gasteiger partial charge in [0.2, 0.25) is 0 Å². The molecule has 2 aliphatic carbocycles. The Morgan fingerprint density at radius 3 is 2.58 bits per heavy atom. The Morgan fingerprint density at radius 1 is 1.32 bits per heavy atom. The van der Waals surface area contributed by atoms with E-state index in [9.17, 15) is 5.11 Å². The molecular formula is C15H29NO2S. The van der Waals surface area contributed by atoms with Crippen molar-refractivity contribution in [2.75, 3.05) is 26.0 Å². The molecule has 0 aromatic heterocycles. The van der Waals surface area contributed by atoms with Gasteiger partial charge in [-0.3, -0.25) is 0 Å². The zero-order chi connectivity index (χ0) is 13.7. The van der Waals surface area contributed by atoms with Crippen molar-refractivity contribution in [1.82, 2.24) is 5.32 Å². The molecule has 0 heterocycles. The van der Waals surface area contributed by atoms with Crippen LogP contribution in [0.2, 0.25) is 0 Å². The second-order valence-electron chi connectivity index (χ2n) is 6.39. The zero-order valence-electron chi connectivity index (χ0n) is 12.4. The summed E-state index contributed by atoms with van der Waals surface area (Å²) >= 11 is 1.95. The van der Waals surface area contributed by atoms with Gasteiger partial charge in [0.05, 0.1) is 18.8 Å². The Kier molecular flexibility index (Phi) is 6.00. The maximum absolute atomic E-state index is 9.93. The molecule has 1 unspecified atom stereocenters. The van der Waals surface area contributed by atoms with Gasteiger partial charge in [0.25, 0.3) is 0 Å². The van der Waals surface area contributed by atoms with Crippen molar-refractivity contribution in [1.29, 1.82) is 0 Å². The van der Waals surface area contributed by atoms with Gasteiger partial charge in [-0.15, -0.1) is 0 Å². The van der Waals surface area contributed by atoms with Gasteiger partial charge in [-0.1, -0.05) is 6.92 Å². The number of hydrogen-bond acceptors (Lipinski definition) is 4. The van der Waals surface area contributed by atoms with Gasteiger partial charge in [-0.05, 0) is 50.7 Å². The van der Waals surface area contributed by atoms with Crippen molar-refractivity contribution in [2.24, 2.45) is 5.92 Å². The van der Waals surface area contributed by atoms with Crippen molar-refractivity contribution < 1.29 is 9.84 Å². The van der Waals surface area contributed by atoms with Crippen LogP contribution in [0.5, 0.6) is 0 Å². The first-order valence-corrected chi connectivity index (χ1v) is 8.91. The Morgan fingerprint density at radius 2 is 2.00 bits per heavy atom. The summed E-state index contributed by atoms with van der Waals surface area (Å²) in [6, 6.07) is 0. The molecule has 0 aromatic carbocycles. The van der Waals surface area contributed by atoms with Crippen LogP contribution in [-0.2, 0) is 4.74 Å². The van der Waals surface area contributed by atoms with E-state index in [0.717, 1.165) is 25.3 Å². The Bertz CT molecular complexity index is 263. The second kappa shape index (κ2) is 7.30. The summed E-state index contributed by atoms with van der Waals surface area (Å²) < 4.78 is 6.29. The number of ether oxygens (including phenoxy) is 1. The molecule has 0 bridgehead atoms. The first kappa shape index (κ1) is 15.6. The number of nitrogens with one attached hydrogen (secondary N) is 1. The number of aliphatic hydroxyl groups is 1. The lowest BCUT2D eigenvalue weighted by Crippen LogP contribution is -2.36. The van der Waals surface area contributed by atoms with E-state index in [0.29, 0.717) is 24.0 Å². The quantitative estimate of drug-likeness (QED) is 0.719. The highest BCUT2D eigenvalue weighted by molar-refractivity contribution is 8.00. The average molecular weight is 287 g/mol. The summed E-state index contributed by atoms with van der Waals surface area (Å²) in [5.74, 6) is 0.854. The van der Waals surface area contributed by atoms with E-state index >= 15 is 0 Å². The van der Waals surface area contributed by atoms with Gasteiger partial charge in [-0.25, -0.2) is 0 Å². The molecule has 4 heteroatoms. The molecule has 0 aromatic rings. The highest BCUT2D eigenvalue weighted by atomic mass is 32.2. The van der Waals surface area contributed by atoms with Gasteiger partial charge >= 0.3 is 0 Å². The maximum atomic E-state index is 9.93. The van der Waals surface area contributed by atoms with Crippen molar-refractivity contribution in [3.63, 3.8) is 0 Å². The number of thioether (sulfide) groups is 1. The molecule has 2 fully saturated rings. The summed E-state index contributed by atoms with van der Waals surface area (Å²) in [6.07, 6.45) is 9.70. The molecule has 19 heavy (non-hydrogen) atoms. The Balaban J connectivity index is 1.51. The molecule has 2 rings (SSSR count). The summed E-state index contributed by atoms with van der Waals surface area (Å²) in [6.45, 7) is 4.48. The van der Waals surface area contributed by atoms with Crippen LogP contribution in [0.25, 0.3) is 0 Å². The molecule has 1 atom stereocenters. The highest BCUT2D eigenvalue weighted by Gasteiger charge is 2.41.